The monoisotopic (exact) mass is 242 g/mol. The lowest BCUT2D eigenvalue weighted by molar-refractivity contribution is 0.0972. The molecule has 17 heavy (non-hydrogen) atoms. The molecule has 1 saturated carbocycles. The zero-order valence-corrected chi connectivity index (χ0v) is 11.9. The molecule has 4 N–H and O–H groups in total. The molecule has 0 heterocycles. The van der Waals surface area contributed by atoms with Crippen molar-refractivity contribution in [3.05, 3.63) is 0 Å². The Hall–Kier alpha value is -0.120. The molecule has 102 valence electrons. The zero-order chi connectivity index (χ0) is 13.1. The summed E-state index contributed by atoms with van der Waals surface area (Å²) < 4.78 is 0. The molecule has 1 aliphatic carbocycles. The minimum Gasteiger partial charge on any atom is -0.396 e. The van der Waals surface area contributed by atoms with Crippen molar-refractivity contribution in [1.29, 1.82) is 0 Å². The van der Waals surface area contributed by atoms with Gasteiger partial charge in [-0.1, -0.05) is 20.8 Å². The molecule has 1 rings (SSSR count). The van der Waals surface area contributed by atoms with Crippen molar-refractivity contribution in [3.8, 4) is 0 Å². The first-order chi connectivity index (χ1) is 7.95. The van der Waals surface area contributed by atoms with Crippen LogP contribution in [0, 0.1) is 17.8 Å². The van der Waals surface area contributed by atoms with Gasteiger partial charge in [0.15, 0.2) is 0 Å². The second kappa shape index (κ2) is 6.17. The Morgan fingerprint density at radius 2 is 2.06 bits per heavy atom. The van der Waals surface area contributed by atoms with Crippen LogP contribution >= 0.6 is 0 Å². The van der Waals surface area contributed by atoms with Crippen LogP contribution in [0.2, 0.25) is 0 Å². The molecule has 0 aromatic heterocycles. The van der Waals surface area contributed by atoms with Crippen LogP contribution < -0.4 is 11.1 Å². The maximum atomic E-state index is 9.23. The van der Waals surface area contributed by atoms with Crippen LogP contribution in [0.5, 0.6) is 0 Å². The fourth-order valence-corrected chi connectivity index (χ4v) is 3.03. The van der Waals surface area contributed by atoms with E-state index in [2.05, 4.69) is 33.0 Å². The summed E-state index contributed by atoms with van der Waals surface area (Å²) in [6.07, 6.45) is 3.67. The summed E-state index contributed by atoms with van der Waals surface area (Å²) in [5.41, 5.74) is 6.12. The fraction of sp³-hybridized carbons (Fsp3) is 1.00. The van der Waals surface area contributed by atoms with Crippen LogP contribution in [0.1, 0.15) is 47.0 Å². The second-order valence-corrected chi connectivity index (χ2v) is 6.23. The Kier molecular flexibility index (Phi) is 5.42. The van der Waals surface area contributed by atoms with Crippen molar-refractivity contribution in [1.82, 2.24) is 5.32 Å². The lowest BCUT2D eigenvalue weighted by atomic mass is 9.69. The number of aliphatic hydroxyl groups excluding tert-OH is 1. The molecule has 0 aromatic carbocycles. The number of hydrogen-bond acceptors (Lipinski definition) is 3. The van der Waals surface area contributed by atoms with Gasteiger partial charge in [0.2, 0.25) is 0 Å². The Bertz CT molecular complexity index is 234. The summed E-state index contributed by atoms with van der Waals surface area (Å²) in [4.78, 5) is 0. The topological polar surface area (TPSA) is 58.3 Å². The van der Waals surface area contributed by atoms with Gasteiger partial charge >= 0.3 is 0 Å². The predicted molar refractivity (Wildman–Crippen MR) is 72.8 cm³/mol. The molecular weight excluding hydrogens is 212 g/mol. The molecule has 0 radical (unpaired) electrons. The average Bonchev–Trinajstić information content (AvgIpc) is 2.31. The highest BCUT2D eigenvalue weighted by molar-refractivity contribution is 4.99. The molecule has 3 heteroatoms. The van der Waals surface area contributed by atoms with Crippen LogP contribution in [-0.2, 0) is 0 Å². The van der Waals surface area contributed by atoms with Gasteiger partial charge in [-0.3, -0.25) is 0 Å². The predicted octanol–water partition coefficient (Wildman–Crippen LogP) is 1.75. The molecular formula is C14H30N2O. The number of nitrogens with two attached hydrogens (primary N) is 1. The summed E-state index contributed by atoms with van der Waals surface area (Å²) in [6.45, 7) is 9.81. The van der Waals surface area contributed by atoms with E-state index in [1.807, 2.05) is 0 Å². The van der Waals surface area contributed by atoms with Gasteiger partial charge in [-0.25, -0.2) is 0 Å². The Morgan fingerprint density at radius 1 is 1.41 bits per heavy atom. The van der Waals surface area contributed by atoms with Gasteiger partial charge in [0, 0.05) is 24.7 Å². The molecule has 5 atom stereocenters. The van der Waals surface area contributed by atoms with Crippen molar-refractivity contribution in [2.45, 2.75) is 58.5 Å². The van der Waals surface area contributed by atoms with Crippen LogP contribution in [0.15, 0.2) is 0 Å². The van der Waals surface area contributed by atoms with E-state index in [1.54, 1.807) is 0 Å². The highest BCUT2D eigenvalue weighted by Crippen LogP contribution is 2.36. The normalized spacial score (nSPS) is 37.8. The third-order valence-corrected chi connectivity index (χ3v) is 4.80. The minimum absolute atomic E-state index is 0.0787. The molecule has 0 aromatic rings. The Morgan fingerprint density at radius 3 is 2.53 bits per heavy atom. The van der Waals surface area contributed by atoms with Gasteiger partial charge in [0.05, 0.1) is 0 Å². The number of aliphatic hydroxyl groups is 1. The summed E-state index contributed by atoms with van der Waals surface area (Å²) in [7, 11) is 0. The van der Waals surface area contributed by atoms with Gasteiger partial charge in [0.1, 0.15) is 0 Å². The minimum atomic E-state index is 0.0787. The maximum Gasteiger partial charge on any atom is 0.0471 e. The number of rotatable bonds is 5. The largest absolute Gasteiger partial charge is 0.396 e. The number of hydrogen-bond donors (Lipinski definition) is 3. The fourth-order valence-electron chi connectivity index (χ4n) is 3.03. The molecule has 3 nitrogen and oxygen atoms in total. The molecule has 1 fully saturated rings. The van der Waals surface area contributed by atoms with Gasteiger partial charge < -0.3 is 16.2 Å². The summed E-state index contributed by atoms with van der Waals surface area (Å²) in [6, 6.07) is 0.319. The van der Waals surface area contributed by atoms with E-state index in [4.69, 9.17) is 5.73 Å². The summed E-state index contributed by atoms with van der Waals surface area (Å²) >= 11 is 0. The van der Waals surface area contributed by atoms with Crippen molar-refractivity contribution >= 4 is 0 Å². The Balaban J connectivity index is 2.68. The molecule has 5 unspecified atom stereocenters. The third kappa shape index (κ3) is 3.43. The highest BCUT2D eigenvalue weighted by Gasteiger charge is 2.40. The summed E-state index contributed by atoms with van der Waals surface area (Å²) in [5, 5.41) is 12.9. The van der Waals surface area contributed by atoms with Gasteiger partial charge in [-0.15, -0.1) is 0 Å². The first-order valence-electron chi connectivity index (χ1n) is 7.03. The molecule has 0 bridgehead atoms. The first-order valence-corrected chi connectivity index (χ1v) is 7.03. The maximum absolute atomic E-state index is 9.23. The van der Waals surface area contributed by atoms with Crippen LogP contribution in [-0.4, -0.2) is 29.8 Å². The van der Waals surface area contributed by atoms with E-state index in [1.165, 1.54) is 12.8 Å². The van der Waals surface area contributed by atoms with Crippen molar-refractivity contribution in [2.75, 3.05) is 13.2 Å². The zero-order valence-electron chi connectivity index (χ0n) is 11.9. The van der Waals surface area contributed by atoms with Crippen molar-refractivity contribution < 1.29 is 5.11 Å². The Labute approximate surface area is 106 Å². The molecule has 0 spiro atoms. The van der Waals surface area contributed by atoms with Crippen molar-refractivity contribution in [2.24, 2.45) is 23.5 Å². The third-order valence-electron chi connectivity index (χ3n) is 4.80. The van der Waals surface area contributed by atoms with Crippen LogP contribution in [0.3, 0.4) is 0 Å². The lowest BCUT2D eigenvalue weighted by Gasteiger charge is -2.47. The second-order valence-electron chi connectivity index (χ2n) is 6.23. The van der Waals surface area contributed by atoms with E-state index in [-0.39, 0.29) is 18.1 Å². The SMILES string of the molecule is CC1CCC(CN)(NC(C)C(C)CO)C(C)C1. The van der Waals surface area contributed by atoms with Crippen LogP contribution in [0.25, 0.3) is 0 Å². The van der Waals surface area contributed by atoms with E-state index in [0.29, 0.717) is 18.5 Å². The molecule has 1 aliphatic rings. The smallest absolute Gasteiger partial charge is 0.0471 e. The molecule has 0 amide bonds. The molecule has 0 aliphatic heterocycles. The number of nitrogens with one attached hydrogen (secondary N) is 1. The highest BCUT2D eigenvalue weighted by atomic mass is 16.3. The quantitative estimate of drug-likeness (QED) is 0.688. The van der Waals surface area contributed by atoms with Crippen molar-refractivity contribution in [3.63, 3.8) is 0 Å². The van der Waals surface area contributed by atoms with Gasteiger partial charge in [-0.05, 0) is 43.9 Å². The standard InChI is InChI=1S/C14H30N2O/c1-10-5-6-14(9-15,12(3)7-10)16-13(4)11(2)8-17/h10-13,16-17H,5-9,15H2,1-4H3. The molecule has 0 saturated heterocycles. The first kappa shape index (κ1) is 14.9. The van der Waals surface area contributed by atoms with E-state index in [0.717, 1.165) is 12.3 Å². The van der Waals surface area contributed by atoms with Gasteiger partial charge in [-0.2, -0.15) is 0 Å². The van der Waals surface area contributed by atoms with E-state index in [9.17, 15) is 5.11 Å². The summed E-state index contributed by atoms with van der Waals surface area (Å²) in [5.74, 6) is 1.71. The average molecular weight is 242 g/mol. The van der Waals surface area contributed by atoms with E-state index >= 15 is 0 Å². The van der Waals surface area contributed by atoms with Crippen LogP contribution in [0.4, 0.5) is 0 Å². The lowest BCUT2D eigenvalue weighted by Crippen LogP contribution is -2.61. The van der Waals surface area contributed by atoms with E-state index < -0.39 is 0 Å². The van der Waals surface area contributed by atoms with Gasteiger partial charge in [0.25, 0.3) is 0 Å².